The van der Waals surface area contributed by atoms with E-state index in [2.05, 4.69) is 83.1 Å². The Bertz CT molecular complexity index is 1220. The van der Waals surface area contributed by atoms with Crippen molar-refractivity contribution in [3.8, 4) is 0 Å². The van der Waals surface area contributed by atoms with Crippen LogP contribution in [0.1, 0.15) is 61.1 Å². The molecule has 6 nitrogen and oxygen atoms in total. The molecule has 196 valence electrons. The van der Waals surface area contributed by atoms with Gasteiger partial charge < -0.3 is 19.6 Å². The number of anilines is 4. The molecule has 0 N–H and O–H groups in total. The van der Waals surface area contributed by atoms with Crippen molar-refractivity contribution in [3.63, 3.8) is 0 Å². The van der Waals surface area contributed by atoms with Gasteiger partial charge in [-0.2, -0.15) is 0 Å². The van der Waals surface area contributed by atoms with E-state index in [1.807, 2.05) is 0 Å². The van der Waals surface area contributed by atoms with Crippen molar-refractivity contribution in [2.24, 2.45) is 11.8 Å². The molecule has 8 rings (SSSR count). The van der Waals surface area contributed by atoms with Gasteiger partial charge >= 0.3 is 0 Å². The van der Waals surface area contributed by atoms with Gasteiger partial charge in [0.05, 0.1) is 20.0 Å². The van der Waals surface area contributed by atoms with Crippen LogP contribution < -0.4 is 19.6 Å². The van der Waals surface area contributed by atoms with E-state index in [9.17, 15) is 0 Å². The summed E-state index contributed by atoms with van der Waals surface area (Å²) in [4.78, 5) is 16.1. The number of fused-ring (bicyclic) bond motifs is 14. The predicted molar refractivity (Wildman–Crippen MR) is 152 cm³/mol. The lowest BCUT2D eigenvalue weighted by molar-refractivity contribution is 0.111. The summed E-state index contributed by atoms with van der Waals surface area (Å²) in [5.74, 6) is 1.42. The maximum absolute atomic E-state index is 2.69. The van der Waals surface area contributed by atoms with Gasteiger partial charge in [0.2, 0.25) is 0 Å². The van der Waals surface area contributed by atoms with Gasteiger partial charge in [-0.05, 0) is 85.0 Å². The minimum atomic E-state index is 0.655. The lowest BCUT2D eigenvalue weighted by atomic mass is 9.87. The topological polar surface area (TPSA) is 19.4 Å². The Morgan fingerprint density at radius 2 is 1.00 bits per heavy atom. The van der Waals surface area contributed by atoms with Gasteiger partial charge in [0.25, 0.3) is 0 Å². The van der Waals surface area contributed by atoms with Crippen molar-refractivity contribution in [1.82, 2.24) is 9.80 Å². The Hall–Kier alpha value is -2.44. The standard InChI is InChI=1S/C31H42N6/c1-18-9-34-15-32(22(18)5)13-26-20(3)30-24(7-28(26)34)11-36-17-37(30)12-25-8-29-27(21(4)31(25)36)14-33-16-35(29)10-19(2)23(33)6/h7-8,18-19,22-23H,9-17H2,1-6H3. The van der Waals surface area contributed by atoms with Gasteiger partial charge in [-0.25, -0.2) is 0 Å². The van der Waals surface area contributed by atoms with E-state index in [-0.39, 0.29) is 0 Å². The Balaban J connectivity index is 1.21. The van der Waals surface area contributed by atoms with Crippen LogP contribution in [0.15, 0.2) is 12.1 Å². The van der Waals surface area contributed by atoms with Crippen LogP contribution >= 0.6 is 0 Å². The fourth-order valence-corrected chi connectivity index (χ4v) is 8.57. The molecule has 37 heavy (non-hydrogen) atoms. The second-order valence-electron chi connectivity index (χ2n) is 13.2. The molecule has 2 aromatic rings. The number of benzene rings is 2. The molecule has 6 atom stereocenters. The van der Waals surface area contributed by atoms with Crippen molar-refractivity contribution >= 4 is 22.7 Å². The van der Waals surface area contributed by atoms with E-state index in [0.717, 1.165) is 46.2 Å². The van der Waals surface area contributed by atoms with Gasteiger partial charge in [0.1, 0.15) is 0 Å². The Kier molecular flexibility index (Phi) is 4.61. The molecule has 2 aromatic carbocycles. The summed E-state index contributed by atoms with van der Waals surface area (Å²) in [6.07, 6.45) is 0. The highest BCUT2D eigenvalue weighted by atomic mass is 15.4. The number of hydrogen-bond acceptors (Lipinski definition) is 6. The van der Waals surface area contributed by atoms with Gasteiger partial charge in [0, 0.05) is 74.1 Å². The molecular weight excluding hydrogens is 456 g/mol. The van der Waals surface area contributed by atoms with Crippen molar-refractivity contribution < 1.29 is 0 Å². The largest absolute Gasteiger partial charge is 0.358 e. The second kappa shape index (κ2) is 7.57. The Labute approximate surface area is 222 Å². The molecule has 6 heterocycles. The zero-order chi connectivity index (χ0) is 25.3. The third-order valence-corrected chi connectivity index (χ3v) is 11.1. The molecule has 6 aliphatic heterocycles. The summed E-state index contributed by atoms with van der Waals surface area (Å²) in [5.41, 5.74) is 15.3. The summed E-state index contributed by atoms with van der Waals surface area (Å²) < 4.78 is 0. The second-order valence-corrected chi connectivity index (χ2v) is 13.2. The summed E-state index contributed by atoms with van der Waals surface area (Å²) in [6, 6.07) is 6.45. The minimum absolute atomic E-state index is 0.655. The normalized spacial score (nSPS) is 33.0. The molecule has 6 unspecified atom stereocenters. The summed E-state index contributed by atoms with van der Waals surface area (Å²) >= 11 is 0. The number of rotatable bonds is 0. The summed E-state index contributed by atoms with van der Waals surface area (Å²) in [6.45, 7) is 24.3. The van der Waals surface area contributed by atoms with Gasteiger partial charge in [-0.3, -0.25) is 9.80 Å². The highest BCUT2D eigenvalue weighted by molar-refractivity contribution is 5.80. The minimum Gasteiger partial charge on any atom is -0.358 e. The lowest BCUT2D eigenvalue weighted by Crippen LogP contribution is -2.57. The molecule has 0 amide bonds. The first-order chi connectivity index (χ1) is 17.8. The molecule has 6 bridgehead atoms. The van der Waals surface area contributed by atoms with Crippen LogP contribution in [0.5, 0.6) is 0 Å². The highest BCUT2D eigenvalue weighted by Gasteiger charge is 2.41. The molecule has 2 fully saturated rings. The van der Waals surface area contributed by atoms with Crippen LogP contribution in [0.25, 0.3) is 0 Å². The fourth-order valence-electron chi connectivity index (χ4n) is 8.57. The molecular formula is C31H42N6. The Morgan fingerprint density at radius 3 is 1.43 bits per heavy atom. The van der Waals surface area contributed by atoms with Crippen molar-refractivity contribution in [3.05, 3.63) is 45.5 Å². The molecule has 2 saturated heterocycles. The average Bonchev–Trinajstić information content (AvgIpc) is 2.87. The van der Waals surface area contributed by atoms with Crippen LogP contribution in [0, 0.1) is 25.7 Å². The van der Waals surface area contributed by atoms with Crippen molar-refractivity contribution in [1.29, 1.82) is 0 Å². The smallest absolute Gasteiger partial charge is 0.0910 e. The first-order valence-electron chi connectivity index (χ1n) is 14.6. The zero-order valence-electron chi connectivity index (χ0n) is 23.5. The summed E-state index contributed by atoms with van der Waals surface area (Å²) in [7, 11) is 0. The van der Waals surface area contributed by atoms with Crippen LogP contribution in [0.3, 0.4) is 0 Å². The van der Waals surface area contributed by atoms with Crippen LogP contribution in [0.2, 0.25) is 0 Å². The van der Waals surface area contributed by atoms with Crippen LogP contribution in [-0.2, 0) is 26.2 Å². The zero-order valence-corrected chi connectivity index (χ0v) is 23.5. The first kappa shape index (κ1) is 22.5. The quantitative estimate of drug-likeness (QED) is 0.514. The maximum atomic E-state index is 2.69. The van der Waals surface area contributed by atoms with Gasteiger partial charge in [-0.1, -0.05) is 13.8 Å². The Morgan fingerprint density at radius 1 is 0.568 bits per heavy atom. The number of hydrogen-bond donors (Lipinski definition) is 0. The molecule has 0 saturated carbocycles. The SMILES string of the molecule is Cc1c2c(cc3c1N1Cc4cc5c(c(C)c4N(C3)C1)CN1CN5CC(C)C1C)N1CC(C)C(C)N(C2)C1. The maximum Gasteiger partial charge on any atom is 0.0910 e. The number of nitrogens with zero attached hydrogens (tertiary/aromatic N) is 6. The lowest BCUT2D eigenvalue weighted by Gasteiger charge is -2.53. The van der Waals surface area contributed by atoms with Gasteiger partial charge in [-0.15, -0.1) is 0 Å². The summed E-state index contributed by atoms with van der Waals surface area (Å²) in [5, 5.41) is 0. The fraction of sp³-hybridized carbons (Fsp3) is 0.613. The molecule has 0 aromatic heterocycles. The molecule has 6 aliphatic rings. The van der Waals surface area contributed by atoms with E-state index in [1.165, 1.54) is 58.1 Å². The van der Waals surface area contributed by atoms with Crippen LogP contribution in [-0.4, -0.2) is 55.0 Å². The highest BCUT2D eigenvalue weighted by Crippen LogP contribution is 2.49. The van der Waals surface area contributed by atoms with E-state index in [1.54, 1.807) is 11.1 Å². The monoisotopic (exact) mass is 498 g/mol. The van der Waals surface area contributed by atoms with Crippen LogP contribution in [0.4, 0.5) is 22.7 Å². The molecule has 6 heteroatoms. The van der Waals surface area contributed by atoms with E-state index in [4.69, 9.17) is 0 Å². The first-order valence-corrected chi connectivity index (χ1v) is 14.6. The molecule has 0 spiro atoms. The average molecular weight is 499 g/mol. The van der Waals surface area contributed by atoms with Crippen molar-refractivity contribution in [2.75, 3.05) is 52.7 Å². The third kappa shape index (κ3) is 3.00. The third-order valence-electron chi connectivity index (χ3n) is 11.1. The molecule has 0 aliphatic carbocycles. The van der Waals surface area contributed by atoms with E-state index in [0.29, 0.717) is 23.9 Å². The van der Waals surface area contributed by atoms with E-state index < -0.39 is 0 Å². The van der Waals surface area contributed by atoms with Gasteiger partial charge in [0.15, 0.2) is 0 Å². The van der Waals surface area contributed by atoms with Crippen molar-refractivity contribution in [2.45, 2.75) is 79.8 Å². The van der Waals surface area contributed by atoms with E-state index >= 15 is 0 Å². The predicted octanol–water partition coefficient (Wildman–Crippen LogP) is 4.84. The molecule has 0 radical (unpaired) electrons.